The molecule has 7 heteroatoms. The Labute approximate surface area is 114 Å². The summed E-state index contributed by atoms with van der Waals surface area (Å²) < 4.78 is 4.73. The molecule has 0 heterocycles. The number of hydrogen-bond acceptors (Lipinski definition) is 6. The number of ether oxygens (including phenoxy) is 1. The van der Waals surface area contributed by atoms with E-state index in [1.165, 1.54) is 19.1 Å². The lowest BCUT2D eigenvalue weighted by atomic mass is 10.1. The summed E-state index contributed by atoms with van der Waals surface area (Å²) in [4.78, 5) is 32.9. The summed E-state index contributed by atoms with van der Waals surface area (Å²) in [7, 11) is 0. The number of Topliss-reactive ketones (excluding diaryl/α,β-unsaturated/α-hetero) is 1. The highest BCUT2D eigenvalue weighted by atomic mass is 16.6. The molecule has 0 unspecified atom stereocenters. The number of esters is 1. The fourth-order valence-electron chi connectivity index (χ4n) is 1.46. The highest BCUT2D eigenvalue weighted by molar-refractivity contribution is 6.19. The van der Waals surface area contributed by atoms with Crippen molar-refractivity contribution < 1.29 is 24.4 Å². The van der Waals surface area contributed by atoms with Gasteiger partial charge < -0.3 is 9.84 Å². The summed E-state index contributed by atoms with van der Waals surface area (Å²) in [6.45, 7) is 2.90. The van der Waals surface area contributed by atoms with E-state index in [2.05, 4.69) is 0 Å². The van der Waals surface area contributed by atoms with Gasteiger partial charge in [0.1, 0.15) is 5.57 Å². The molecule has 1 rings (SSSR count). The predicted octanol–water partition coefficient (Wildman–Crippen LogP) is 1.84. The number of phenols is 1. The van der Waals surface area contributed by atoms with Gasteiger partial charge in [-0.15, -0.1) is 0 Å². The Bertz CT molecular complexity index is 591. The van der Waals surface area contributed by atoms with Crippen molar-refractivity contribution in [2.45, 2.75) is 13.8 Å². The van der Waals surface area contributed by atoms with Gasteiger partial charge in [-0.05, 0) is 31.6 Å². The first-order chi connectivity index (χ1) is 9.36. The monoisotopic (exact) mass is 279 g/mol. The lowest BCUT2D eigenvalue weighted by Crippen LogP contribution is -2.13. The van der Waals surface area contributed by atoms with Gasteiger partial charge in [0.15, 0.2) is 11.5 Å². The molecule has 1 N–H and O–H groups in total. The zero-order chi connectivity index (χ0) is 15.3. The van der Waals surface area contributed by atoms with Crippen LogP contribution < -0.4 is 0 Å². The maximum atomic E-state index is 11.6. The van der Waals surface area contributed by atoms with E-state index < -0.39 is 28.1 Å². The van der Waals surface area contributed by atoms with Gasteiger partial charge in [0, 0.05) is 6.07 Å². The quantitative estimate of drug-likeness (QED) is 0.220. The minimum Gasteiger partial charge on any atom is -0.502 e. The van der Waals surface area contributed by atoms with Gasteiger partial charge in [0.05, 0.1) is 11.5 Å². The number of aromatic hydroxyl groups is 1. The van der Waals surface area contributed by atoms with E-state index in [1.807, 2.05) is 0 Å². The van der Waals surface area contributed by atoms with Gasteiger partial charge in [-0.2, -0.15) is 0 Å². The summed E-state index contributed by atoms with van der Waals surface area (Å²) in [6, 6.07) is 3.54. The lowest BCUT2D eigenvalue weighted by molar-refractivity contribution is -0.385. The molecule has 0 bridgehead atoms. The third-order valence-electron chi connectivity index (χ3n) is 2.38. The molecule has 1 aromatic rings. The van der Waals surface area contributed by atoms with Gasteiger partial charge >= 0.3 is 11.7 Å². The van der Waals surface area contributed by atoms with E-state index >= 15 is 0 Å². The standard InChI is InChI=1S/C13H13NO6/c1-3-20-13(17)10(8(2)15)6-9-4-5-12(16)11(7-9)14(18)19/h4-7,16H,3H2,1-2H3/b10-6-. The second-order valence-corrected chi connectivity index (χ2v) is 3.84. The molecule has 0 atom stereocenters. The fraction of sp³-hybridized carbons (Fsp3) is 0.231. The Morgan fingerprint density at radius 3 is 2.60 bits per heavy atom. The van der Waals surface area contributed by atoms with E-state index in [1.54, 1.807) is 6.92 Å². The molecule has 0 aliphatic rings. The summed E-state index contributed by atoms with van der Waals surface area (Å²) >= 11 is 0. The van der Waals surface area contributed by atoms with Crippen molar-refractivity contribution in [3.8, 4) is 5.75 Å². The number of rotatable bonds is 5. The van der Waals surface area contributed by atoms with Crippen LogP contribution in [0.15, 0.2) is 23.8 Å². The molecule has 0 fully saturated rings. The zero-order valence-electron chi connectivity index (χ0n) is 11.0. The lowest BCUT2D eigenvalue weighted by Gasteiger charge is -2.04. The van der Waals surface area contributed by atoms with Gasteiger partial charge in [-0.3, -0.25) is 14.9 Å². The Morgan fingerprint density at radius 1 is 1.45 bits per heavy atom. The van der Waals surface area contributed by atoms with Crippen LogP contribution in [0.5, 0.6) is 5.75 Å². The first-order valence-electron chi connectivity index (χ1n) is 5.74. The number of nitro groups is 1. The largest absolute Gasteiger partial charge is 0.502 e. The van der Waals surface area contributed by atoms with Crippen molar-refractivity contribution in [1.82, 2.24) is 0 Å². The van der Waals surface area contributed by atoms with Crippen LogP contribution in [-0.2, 0) is 14.3 Å². The van der Waals surface area contributed by atoms with Gasteiger partial charge in [0.25, 0.3) is 0 Å². The second kappa shape index (κ2) is 6.46. The summed E-state index contributed by atoms with van der Waals surface area (Å²) in [6.07, 6.45) is 1.19. The number of carbonyl (C=O) groups is 2. The van der Waals surface area contributed by atoms with Crippen LogP contribution in [0.4, 0.5) is 5.69 Å². The number of ketones is 1. The number of phenolic OH excluding ortho intramolecular Hbond substituents is 1. The highest BCUT2D eigenvalue weighted by Gasteiger charge is 2.17. The van der Waals surface area contributed by atoms with E-state index in [0.29, 0.717) is 0 Å². The SMILES string of the molecule is CCOC(=O)/C(=C\c1ccc(O)c([N+](=O)[O-])c1)C(C)=O. The Balaban J connectivity index is 3.24. The maximum absolute atomic E-state index is 11.6. The van der Waals surface area contributed by atoms with E-state index in [9.17, 15) is 24.8 Å². The van der Waals surface area contributed by atoms with Crippen LogP contribution in [0.1, 0.15) is 19.4 Å². The van der Waals surface area contributed by atoms with E-state index in [-0.39, 0.29) is 17.7 Å². The molecule has 0 saturated heterocycles. The van der Waals surface area contributed by atoms with E-state index in [4.69, 9.17) is 4.74 Å². The highest BCUT2D eigenvalue weighted by Crippen LogP contribution is 2.27. The minimum absolute atomic E-state index is 0.110. The van der Waals surface area contributed by atoms with Crippen molar-refractivity contribution in [2.75, 3.05) is 6.61 Å². The Hall–Kier alpha value is -2.70. The molecule has 106 valence electrons. The number of nitrogens with zero attached hydrogens (tertiary/aromatic N) is 1. The predicted molar refractivity (Wildman–Crippen MR) is 70.1 cm³/mol. The molecule has 20 heavy (non-hydrogen) atoms. The number of carbonyl (C=O) groups excluding carboxylic acids is 2. The van der Waals surface area contributed by atoms with Crippen LogP contribution in [-0.4, -0.2) is 28.4 Å². The van der Waals surface area contributed by atoms with Crippen LogP contribution in [0.3, 0.4) is 0 Å². The third-order valence-corrected chi connectivity index (χ3v) is 2.38. The zero-order valence-corrected chi connectivity index (χ0v) is 11.0. The van der Waals surface area contributed by atoms with Crippen molar-refractivity contribution in [3.63, 3.8) is 0 Å². The summed E-state index contributed by atoms with van der Waals surface area (Å²) in [5.41, 5.74) is -0.481. The maximum Gasteiger partial charge on any atom is 0.341 e. The normalized spacial score (nSPS) is 11.0. The molecule has 0 aromatic heterocycles. The summed E-state index contributed by atoms with van der Waals surface area (Å²) in [5.74, 6) is -1.80. The van der Waals surface area contributed by atoms with Crippen molar-refractivity contribution >= 4 is 23.5 Å². The first-order valence-corrected chi connectivity index (χ1v) is 5.74. The Kier molecular flexibility index (Phi) is 4.96. The molecule has 1 aromatic carbocycles. The molecule has 0 saturated carbocycles. The molecule has 0 aliphatic carbocycles. The summed E-state index contributed by atoms with van der Waals surface area (Å²) in [5, 5.41) is 20.0. The van der Waals surface area contributed by atoms with Crippen LogP contribution in [0.2, 0.25) is 0 Å². The number of nitro benzene ring substituents is 1. The second-order valence-electron chi connectivity index (χ2n) is 3.84. The van der Waals surface area contributed by atoms with Crippen molar-refractivity contribution in [2.24, 2.45) is 0 Å². The molecular formula is C13H13NO6. The van der Waals surface area contributed by atoms with Gasteiger partial charge in [0.2, 0.25) is 0 Å². The Morgan fingerprint density at radius 2 is 2.10 bits per heavy atom. The third kappa shape index (κ3) is 3.64. The smallest absolute Gasteiger partial charge is 0.341 e. The van der Waals surface area contributed by atoms with Crippen LogP contribution in [0, 0.1) is 10.1 Å². The minimum atomic E-state index is -0.796. The average molecular weight is 279 g/mol. The van der Waals surface area contributed by atoms with E-state index in [0.717, 1.165) is 12.1 Å². The first kappa shape index (κ1) is 15.4. The van der Waals surface area contributed by atoms with Gasteiger partial charge in [-0.1, -0.05) is 6.07 Å². The fourth-order valence-corrected chi connectivity index (χ4v) is 1.46. The van der Waals surface area contributed by atoms with Gasteiger partial charge in [-0.25, -0.2) is 4.79 Å². The molecule has 0 aliphatic heterocycles. The topological polar surface area (TPSA) is 107 Å². The number of hydrogen-bond donors (Lipinski definition) is 1. The molecule has 7 nitrogen and oxygen atoms in total. The average Bonchev–Trinajstić information content (AvgIpc) is 2.37. The number of benzene rings is 1. The molecular weight excluding hydrogens is 266 g/mol. The van der Waals surface area contributed by atoms with Crippen molar-refractivity contribution in [1.29, 1.82) is 0 Å². The van der Waals surface area contributed by atoms with Crippen molar-refractivity contribution in [3.05, 3.63) is 39.4 Å². The van der Waals surface area contributed by atoms with Crippen LogP contribution >= 0.6 is 0 Å². The molecule has 0 spiro atoms. The van der Waals surface area contributed by atoms with Crippen LogP contribution in [0.25, 0.3) is 6.08 Å². The molecule has 0 amide bonds. The molecule has 0 radical (unpaired) electrons.